The normalized spacial score (nSPS) is 16.2. The van der Waals surface area contributed by atoms with E-state index in [4.69, 9.17) is 0 Å². The summed E-state index contributed by atoms with van der Waals surface area (Å²) in [6, 6.07) is 1.86. The Morgan fingerprint density at radius 3 is 2.41 bits per heavy atom. The second-order valence-corrected chi connectivity index (χ2v) is 10.9. The van der Waals surface area contributed by atoms with Gasteiger partial charge in [0.1, 0.15) is 0 Å². The van der Waals surface area contributed by atoms with Gasteiger partial charge in [-0.05, 0) is 99.0 Å². The van der Waals surface area contributed by atoms with E-state index < -0.39 is 17.5 Å². The largest absolute Gasteiger partial charge is 0.361 e. The molecule has 0 aliphatic carbocycles. The van der Waals surface area contributed by atoms with Crippen molar-refractivity contribution in [2.45, 2.75) is 65.8 Å². The van der Waals surface area contributed by atoms with Gasteiger partial charge in [0, 0.05) is 50.6 Å². The maximum Gasteiger partial charge on any atom is 0.246 e. The molecule has 1 aromatic carbocycles. The van der Waals surface area contributed by atoms with Crippen LogP contribution in [-0.4, -0.2) is 65.4 Å². The number of aromatic nitrogens is 1. The molecule has 9 heteroatoms. The molecule has 2 atom stereocenters. The van der Waals surface area contributed by atoms with E-state index in [0.717, 1.165) is 50.2 Å². The van der Waals surface area contributed by atoms with Gasteiger partial charge in [-0.3, -0.25) is 14.5 Å². The standard InChI is InChI=1S/C32H43F3N4O2/c1-6-8-29-22(4)26(19-37-29)21(3)11-14-38(7-2)30(20-36-23(5)40)25-12-15-39(16-13-25)31(41)10-9-24-17-27(33)32(35)28(34)18-24/h6,8-10,17-19,21,25,30,37H,7,11-16,20H2,1-5H3,(H,36,40)/b8-6-,10-9+/t21-,30?/m1/s1. The van der Waals surface area contributed by atoms with E-state index in [2.05, 4.69) is 48.2 Å². The van der Waals surface area contributed by atoms with E-state index in [9.17, 15) is 22.8 Å². The summed E-state index contributed by atoms with van der Waals surface area (Å²) in [6.45, 7) is 13.4. The molecular weight excluding hydrogens is 529 g/mol. The van der Waals surface area contributed by atoms with Crippen LogP contribution in [0.25, 0.3) is 12.2 Å². The quantitative estimate of drug-likeness (QED) is 0.241. The molecular formula is C32H43F3N4O2. The summed E-state index contributed by atoms with van der Waals surface area (Å²) < 4.78 is 40.2. The molecule has 1 aromatic heterocycles. The number of likely N-dealkylation sites (N-methyl/N-ethyl adjacent to an activating group) is 1. The summed E-state index contributed by atoms with van der Waals surface area (Å²) in [5, 5.41) is 3.02. The zero-order valence-electron chi connectivity index (χ0n) is 24.8. The number of amides is 2. The summed E-state index contributed by atoms with van der Waals surface area (Å²) in [7, 11) is 0. The fraction of sp³-hybridized carbons (Fsp3) is 0.500. The minimum Gasteiger partial charge on any atom is -0.361 e. The smallest absolute Gasteiger partial charge is 0.246 e. The molecule has 3 rings (SSSR count). The van der Waals surface area contributed by atoms with Gasteiger partial charge in [0.15, 0.2) is 17.5 Å². The minimum absolute atomic E-state index is 0.0645. The Hall–Kier alpha value is -3.33. The van der Waals surface area contributed by atoms with Gasteiger partial charge in [-0.25, -0.2) is 13.2 Å². The Bertz CT molecular complexity index is 1220. The summed E-state index contributed by atoms with van der Waals surface area (Å²) in [4.78, 5) is 32.1. The number of aromatic amines is 1. The molecule has 1 aliphatic rings. The van der Waals surface area contributed by atoms with E-state index in [1.807, 2.05) is 13.0 Å². The number of carbonyl (C=O) groups is 2. The van der Waals surface area contributed by atoms with Gasteiger partial charge in [-0.2, -0.15) is 0 Å². The number of allylic oxidation sites excluding steroid dienone is 1. The molecule has 1 fully saturated rings. The first-order chi connectivity index (χ1) is 19.5. The number of halogens is 3. The highest BCUT2D eigenvalue weighted by molar-refractivity contribution is 5.91. The lowest BCUT2D eigenvalue weighted by atomic mass is 9.87. The predicted octanol–water partition coefficient (Wildman–Crippen LogP) is 6.05. The Labute approximate surface area is 241 Å². The number of nitrogens with one attached hydrogen (secondary N) is 2. The van der Waals surface area contributed by atoms with Crippen molar-refractivity contribution < 1.29 is 22.8 Å². The number of piperidine rings is 1. The van der Waals surface area contributed by atoms with Crippen LogP contribution < -0.4 is 5.32 Å². The first-order valence-corrected chi connectivity index (χ1v) is 14.5. The van der Waals surface area contributed by atoms with E-state index in [0.29, 0.717) is 31.5 Å². The molecule has 1 saturated heterocycles. The summed E-state index contributed by atoms with van der Waals surface area (Å²) in [5.41, 5.74) is 3.81. The topological polar surface area (TPSA) is 68.4 Å². The second kappa shape index (κ2) is 15.1. The van der Waals surface area contributed by atoms with Crippen LogP contribution in [0.4, 0.5) is 13.2 Å². The maximum absolute atomic E-state index is 13.5. The van der Waals surface area contributed by atoms with Crippen LogP contribution in [0.3, 0.4) is 0 Å². The molecule has 0 bridgehead atoms. The molecule has 6 nitrogen and oxygen atoms in total. The zero-order chi connectivity index (χ0) is 30.1. The molecule has 2 aromatic rings. The molecule has 0 spiro atoms. The van der Waals surface area contributed by atoms with E-state index >= 15 is 0 Å². The first kappa shape index (κ1) is 32.2. The highest BCUT2D eigenvalue weighted by Crippen LogP contribution is 2.29. The average molecular weight is 573 g/mol. The summed E-state index contributed by atoms with van der Waals surface area (Å²) in [6.07, 6.45) is 11.3. The monoisotopic (exact) mass is 572 g/mol. The molecule has 2 amide bonds. The number of rotatable bonds is 12. The first-order valence-electron chi connectivity index (χ1n) is 14.5. The van der Waals surface area contributed by atoms with Gasteiger partial charge in [-0.15, -0.1) is 0 Å². The van der Waals surface area contributed by atoms with Gasteiger partial charge >= 0.3 is 0 Å². The Morgan fingerprint density at radius 2 is 1.83 bits per heavy atom. The van der Waals surface area contributed by atoms with Crippen molar-refractivity contribution in [2.24, 2.45) is 5.92 Å². The van der Waals surface area contributed by atoms with E-state index in [1.54, 1.807) is 4.90 Å². The number of benzene rings is 1. The highest BCUT2D eigenvalue weighted by atomic mass is 19.2. The number of hydrogen-bond acceptors (Lipinski definition) is 3. The van der Waals surface area contributed by atoms with Crippen LogP contribution >= 0.6 is 0 Å². The van der Waals surface area contributed by atoms with Gasteiger partial charge < -0.3 is 15.2 Å². The van der Waals surface area contributed by atoms with Crippen LogP contribution in [0, 0.1) is 30.3 Å². The summed E-state index contributed by atoms with van der Waals surface area (Å²) in [5.74, 6) is -3.77. The molecule has 1 aliphatic heterocycles. The molecule has 41 heavy (non-hydrogen) atoms. The lowest BCUT2D eigenvalue weighted by molar-refractivity contribution is -0.127. The molecule has 2 heterocycles. The van der Waals surface area contributed by atoms with Crippen LogP contribution in [-0.2, 0) is 9.59 Å². The van der Waals surface area contributed by atoms with Crippen molar-refractivity contribution in [1.82, 2.24) is 20.1 Å². The van der Waals surface area contributed by atoms with Gasteiger partial charge in [0.2, 0.25) is 11.8 Å². The minimum atomic E-state index is -1.53. The fourth-order valence-electron chi connectivity index (χ4n) is 5.74. The fourth-order valence-corrected chi connectivity index (χ4v) is 5.74. The third-order valence-corrected chi connectivity index (χ3v) is 8.19. The van der Waals surface area contributed by atoms with Crippen LogP contribution in [0.2, 0.25) is 0 Å². The van der Waals surface area contributed by atoms with Crippen molar-refractivity contribution >= 4 is 24.0 Å². The molecule has 1 unspecified atom stereocenters. The third-order valence-electron chi connectivity index (χ3n) is 8.19. The Morgan fingerprint density at radius 1 is 1.17 bits per heavy atom. The second-order valence-electron chi connectivity index (χ2n) is 10.9. The Balaban J connectivity index is 1.62. The molecule has 0 saturated carbocycles. The van der Waals surface area contributed by atoms with Crippen molar-refractivity contribution in [3.8, 4) is 0 Å². The van der Waals surface area contributed by atoms with E-state index in [-0.39, 0.29) is 23.4 Å². The number of likely N-dealkylation sites (tertiary alicyclic amines) is 1. The zero-order valence-corrected chi connectivity index (χ0v) is 24.8. The lowest BCUT2D eigenvalue weighted by Gasteiger charge is -2.41. The number of carbonyl (C=O) groups excluding carboxylic acids is 2. The van der Waals surface area contributed by atoms with Crippen molar-refractivity contribution in [3.63, 3.8) is 0 Å². The molecule has 0 radical (unpaired) electrons. The molecule has 2 N–H and O–H groups in total. The Kier molecular flexibility index (Phi) is 11.8. The number of nitrogens with zero attached hydrogens (tertiary/aromatic N) is 2. The lowest BCUT2D eigenvalue weighted by Crippen LogP contribution is -2.51. The van der Waals surface area contributed by atoms with Crippen molar-refractivity contribution in [3.05, 3.63) is 70.3 Å². The van der Waals surface area contributed by atoms with Gasteiger partial charge in [0.25, 0.3) is 0 Å². The van der Waals surface area contributed by atoms with Gasteiger partial charge in [0.05, 0.1) is 0 Å². The van der Waals surface area contributed by atoms with Crippen LogP contribution in [0.5, 0.6) is 0 Å². The van der Waals surface area contributed by atoms with Gasteiger partial charge in [-0.1, -0.05) is 19.9 Å². The maximum atomic E-state index is 13.5. The number of H-pyrrole nitrogens is 1. The predicted molar refractivity (Wildman–Crippen MR) is 158 cm³/mol. The van der Waals surface area contributed by atoms with Crippen molar-refractivity contribution in [1.29, 1.82) is 0 Å². The SMILES string of the molecule is C/C=C\c1[nH]cc([C@H](C)CCN(CC)C(CNC(C)=O)C2CCN(C(=O)/C=C/c3cc(F)c(F)c(F)c3)CC2)c1C. The molecule has 224 valence electrons. The van der Waals surface area contributed by atoms with Crippen LogP contribution in [0.15, 0.2) is 30.5 Å². The summed E-state index contributed by atoms with van der Waals surface area (Å²) >= 11 is 0. The van der Waals surface area contributed by atoms with Crippen LogP contribution in [0.1, 0.15) is 75.3 Å². The van der Waals surface area contributed by atoms with E-state index in [1.165, 1.54) is 30.2 Å². The van der Waals surface area contributed by atoms with Crippen molar-refractivity contribution in [2.75, 3.05) is 32.7 Å². The third kappa shape index (κ3) is 8.58. The average Bonchev–Trinajstić information content (AvgIpc) is 3.31. The number of hydrogen-bond donors (Lipinski definition) is 2. The highest BCUT2D eigenvalue weighted by Gasteiger charge is 2.31.